The first-order valence-electron chi connectivity index (χ1n) is 21.4. The highest BCUT2D eigenvalue weighted by Gasteiger charge is 2.36. The average Bonchev–Trinajstić information content (AvgIpc) is 3.15. The first kappa shape index (κ1) is 52.5. The Morgan fingerprint density at radius 3 is 1.95 bits per heavy atom. The summed E-state index contributed by atoms with van der Waals surface area (Å²) in [6, 6.07) is 8.26. The molecule has 0 aliphatic heterocycles. The number of alkyl carbamates (subject to hydrolysis) is 2. The minimum absolute atomic E-state index is 0.00467. The minimum atomic E-state index is -1.40. The molecule has 2 aromatic rings. The first-order valence-corrected chi connectivity index (χ1v) is 21.4. The molecule has 61 heavy (non-hydrogen) atoms. The lowest BCUT2D eigenvalue weighted by Gasteiger charge is -2.30. The minimum Gasteiger partial charge on any atom is -0.497 e. The van der Waals surface area contributed by atoms with Gasteiger partial charge in [0.1, 0.15) is 34.4 Å². The zero-order chi connectivity index (χ0) is 45.8. The molecule has 2 N–H and O–H groups in total. The fourth-order valence-corrected chi connectivity index (χ4v) is 6.33. The molecular weight excluding hydrogens is 791 g/mol. The molecule has 0 heterocycles. The van der Waals surface area contributed by atoms with Gasteiger partial charge in [-0.05, 0) is 114 Å². The molecule has 0 spiro atoms. The van der Waals surface area contributed by atoms with Crippen LogP contribution in [0.15, 0.2) is 42.5 Å². The highest BCUT2D eigenvalue weighted by Crippen LogP contribution is 2.30. The summed E-state index contributed by atoms with van der Waals surface area (Å²) in [5, 5.41) is 5.36. The molecule has 0 aliphatic rings. The van der Waals surface area contributed by atoms with Crippen molar-refractivity contribution in [2.75, 3.05) is 13.7 Å². The van der Waals surface area contributed by atoms with Crippen molar-refractivity contribution in [2.45, 2.75) is 175 Å². The Labute approximate surface area is 361 Å². The third-order valence-electron chi connectivity index (χ3n) is 9.65. The first-order chi connectivity index (χ1) is 28.5. The number of nitrogens with one attached hydrogen (secondary N) is 2. The van der Waals surface area contributed by atoms with Crippen LogP contribution in [0.1, 0.15) is 144 Å². The van der Waals surface area contributed by atoms with Crippen molar-refractivity contribution < 1.29 is 56.4 Å². The molecule has 2 amide bonds. The van der Waals surface area contributed by atoms with Crippen LogP contribution < -0.4 is 15.4 Å². The van der Waals surface area contributed by atoms with Gasteiger partial charge in [0.15, 0.2) is 11.9 Å². The van der Waals surface area contributed by atoms with Crippen molar-refractivity contribution >= 4 is 29.7 Å². The second kappa shape index (κ2) is 25.4. The normalized spacial score (nSPS) is 13.4. The van der Waals surface area contributed by atoms with Gasteiger partial charge in [-0.2, -0.15) is 0 Å². The Morgan fingerprint density at radius 1 is 0.738 bits per heavy atom. The Bertz CT molecular complexity index is 1700. The molecule has 0 aliphatic carbocycles. The lowest BCUT2D eigenvalue weighted by Crippen LogP contribution is -2.52. The van der Waals surface area contributed by atoms with E-state index in [1.54, 1.807) is 60.8 Å². The number of ketones is 2. The number of hydrogen-bond acceptors (Lipinski definition) is 10. The molecule has 0 radical (unpaired) electrons. The van der Waals surface area contributed by atoms with Gasteiger partial charge in [-0.25, -0.2) is 18.4 Å². The van der Waals surface area contributed by atoms with Gasteiger partial charge in [-0.3, -0.25) is 14.4 Å². The quantitative estimate of drug-likeness (QED) is 0.0531. The van der Waals surface area contributed by atoms with Gasteiger partial charge in [-0.1, -0.05) is 58.6 Å². The second-order valence-electron chi connectivity index (χ2n) is 18.3. The maximum absolute atomic E-state index is 14.6. The van der Waals surface area contributed by atoms with Crippen LogP contribution in [0.2, 0.25) is 0 Å². The van der Waals surface area contributed by atoms with Gasteiger partial charge < -0.3 is 34.3 Å². The highest BCUT2D eigenvalue weighted by molar-refractivity contribution is 5.87. The molecule has 0 saturated heterocycles. The molecule has 12 nitrogen and oxygen atoms in total. The molecule has 2 rings (SSSR count). The molecule has 0 saturated carbocycles. The highest BCUT2D eigenvalue weighted by atomic mass is 19.1. The summed E-state index contributed by atoms with van der Waals surface area (Å²) in [6.07, 6.45) is 1.92. The van der Waals surface area contributed by atoms with Crippen LogP contribution in [0.25, 0.3) is 0 Å². The lowest BCUT2D eigenvalue weighted by molar-refractivity contribution is -0.158. The van der Waals surface area contributed by atoms with Crippen LogP contribution in [-0.4, -0.2) is 72.8 Å². The van der Waals surface area contributed by atoms with Gasteiger partial charge in [-0.15, -0.1) is 0 Å². The van der Waals surface area contributed by atoms with Crippen molar-refractivity contribution in [3.63, 3.8) is 0 Å². The number of methoxy groups -OCH3 is 1. The molecule has 14 heteroatoms. The van der Waals surface area contributed by atoms with Crippen LogP contribution in [0.5, 0.6) is 5.75 Å². The number of ether oxygens (including phenoxy) is 5. The van der Waals surface area contributed by atoms with Crippen LogP contribution in [0.4, 0.5) is 18.4 Å². The van der Waals surface area contributed by atoms with Gasteiger partial charge in [0.25, 0.3) is 0 Å². The van der Waals surface area contributed by atoms with Crippen molar-refractivity contribution in [1.82, 2.24) is 10.6 Å². The van der Waals surface area contributed by atoms with E-state index in [0.29, 0.717) is 25.0 Å². The molecule has 0 fully saturated rings. The fraction of sp³-hybridized carbons (Fsp3) is 0.638. The molecule has 0 aromatic heterocycles. The summed E-state index contributed by atoms with van der Waals surface area (Å²) in [5.74, 6) is -1.89. The summed E-state index contributed by atoms with van der Waals surface area (Å²) in [5.41, 5.74) is -1.43. The Kier molecular flexibility index (Phi) is 21.9. The third kappa shape index (κ3) is 22.7. The number of rotatable bonds is 26. The number of hydrogen-bond donors (Lipinski definition) is 2. The number of esters is 1. The number of halogens is 2. The molecule has 1 unspecified atom stereocenters. The van der Waals surface area contributed by atoms with Gasteiger partial charge in [0.05, 0.1) is 26.4 Å². The smallest absolute Gasteiger partial charge is 0.408 e. The van der Waals surface area contributed by atoms with E-state index in [0.717, 1.165) is 49.4 Å². The lowest BCUT2D eigenvalue weighted by atomic mass is 9.81. The Morgan fingerprint density at radius 2 is 1.34 bits per heavy atom. The van der Waals surface area contributed by atoms with E-state index in [1.807, 2.05) is 26.0 Å². The van der Waals surface area contributed by atoms with Crippen molar-refractivity contribution in [3.8, 4) is 5.75 Å². The number of carbonyl (C=O) groups excluding carboxylic acids is 5. The third-order valence-corrected chi connectivity index (χ3v) is 9.65. The van der Waals surface area contributed by atoms with E-state index < -0.39 is 70.4 Å². The Hall–Kier alpha value is -4.59. The van der Waals surface area contributed by atoms with E-state index in [1.165, 1.54) is 0 Å². The number of unbranched alkanes of at least 4 members (excludes halogenated alkanes) is 4. The van der Waals surface area contributed by atoms with E-state index in [2.05, 4.69) is 17.6 Å². The van der Waals surface area contributed by atoms with E-state index in [-0.39, 0.29) is 56.7 Å². The predicted octanol–water partition coefficient (Wildman–Crippen LogP) is 9.91. The molecule has 0 bridgehead atoms. The molecule has 2 aromatic carbocycles. The zero-order valence-corrected chi connectivity index (χ0v) is 38.0. The zero-order valence-electron chi connectivity index (χ0n) is 38.0. The standard InChI is InChI=1S/C47H70F2N2O10/c1-11-12-13-14-15-16-41(54)59-42(39(51-44(56)61-46(5,6)7)31-58-30-32-17-20-37(57-10)21-18-32)40(53)24-26-47(8,9)25-23-36(52)29-35(50-43(55)60-45(2,3)4)28-33-27-34(48)19-22-38(33)49/h17-22,27,35,39,42H,11-16,23-26,28-31H2,1-10H3,(H,50,55)(H,51,56)/t35?,39-,42+/m1/s1. The van der Waals surface area contributed by atoms with Crippen molar-refractivity contribution in [3.05, 3.63) is 65.2 Å². The number of carbonyl (C=O) groups is 5. The monoisotopic (exact) mass is 860 g/mol. The number of benzene rings is 2. The second-order valence-corrected chi connectivity index (χ2v) is 18.3. The van der Waals surface area contributed by atoms with Gasteiger partial charge in [0, 0.05) is 31.7 Å². The summed E-state index contributed by atoms with van der Waals surface area (Å²) in [4.78, 5) is 66.5. The Balaban J connectivity index is 2.23. The van der Waals surface area contributed by atoms with E-state index >= 15 is 0 Å². The molecule has 3 atom stereocenters. The van der Waals surface area contributed by atoms with Gasteiger partial charge in [0.2, 0.25) is 0 Å². The number of amides is 2. The fourth-order valence-electron chi connectivity index (χ4n) is 6.33. The van der Waals surface area contributed by atoms with Crippen LogP contribution in [-0.2, 0) is 46.4 Å². The maximum Gasteiger partial charge on any atom is 0.408 e. The molecular formula is C47H70F2N2O10. The van der Waals surface area contributed by atoms with Crippen LogP contribution in [0, 0.1) is 17.0 Å². The van der Waals surface area contributed by atoms with Crippen molar-refractivity contribution in [2.24, 2.45) is 5.41 Å². The van der Waals surface area contributed by atoms with Crippen LogP contribution in [0.3, 0.4) is 0 Å². The van der Waals surface area contributed by atoms with Crippen LogP contribution >= 0.6 is 0 Å². The predicted molar refractivity (Wildman–Crippen MR) is 229 cm³/mol. The summed E-state index contributed by atoms with van der Waals surface area (Å²) in [6.45, 7) is 16.0. The SMILES string of the molecule is CCCCCCCC(=O)O[C@H](C(=O)CCC(C)(C)CCC(=O)CC(Cc1cc(F)ccc1F)NC(=O)OC(C)(C)C)[C@@H](COCc1ccc(OC)cc1)NC(=O)OC(C)(C)C. The number of Topliss-reactive ketones (excluding diaryl/α,β-unsaturated/α-hetero) is 2. The van der Waals surface area contributed by atoms with E-state index in [4.69, 9.17) is 23.7 Å². The topological polar surface area (TPSA) is 156 Å². The summed E-state index contributed by atoms with van der Waals surface area (Å²) >= 11 is 0. The largest absolute Gasteiger partial charge is 0.497 e. The summed E-state index contributed by atoms with van der Waals surface area (Å²) in [7, 11) is 1.56. The van der Waals surface area contributed by atoms with E-state index in [9.17, 15) is 32.8 Å². The van der Waals surface area contributed by atoms with Gasteiger partial charge >= 0.3 is 18.2 Å². The van der Waals surface area contributed by atoms with Crippen molar-refractivity contribution in [1.29, 1.82) is 0 Å². The average molecular weight is 861 g/mol. The maximum atomic E-state index is 14.6. The molecule has 342 valence electrons. The summed E-state index contributed by atoms with van der Waals surface area (Å²) < 4.78 is 56.6.